The van der Waals surface area contributed by atoms with Crippen LogP contribution in [0.2, 0.25) is 0 Å². The summed E-state index contributed by atoms with van der Waals surface area (Å²) in [6, 6.07) is 0. The molecule has 0 rings (SSSR count). The predicted molar refractivity (Wildman–Crippen MR) is 56.9 cm³/mol. The van der Waals surface area contributed by atoms with E-state index in [0.717, 1.165) is 0 Å². The smallest absolute Gasteiger partial charge is 0.227 e. The van der Waals surface area contributed by atoms with Crippen LogP contribution in [0, 0.1) is 5.41 Å². The molecule has 14 heavy (non-hydrogen) atoms. The highest BCUT2D eigenvalue weighted by atomic mass is 16.5. The van der Waals surface area contributed by atoms with Crippen LogP contribution in [0.1, 0.15) is 27.7 Å². The summed E-state index contributed by atoms with van der Waals surface area (Å²) in [6.45, 7) is 9.07. The molecule has 0 radical (unpaired) electrons. The number of amides is 1. The molecule has 1 amide bonds. The number of hydrogen-bond donors (Lipinski definition) is 2. The standard InChI is InChI=1S/C10H22N2O2/c1-5-14-8(2)6-12-9(13)10(3,4)7-11/h8H,5-7,11H2,1-4H3,(H,12,13). The minimum atomic E-state index is -0.494. The van der Waals surface area contributed by atoms with E-state index in [1.807, 2.05) is 27.7 Å². The van der Waals surface area contributed by atoms with Crippen LogP contribution in [0.15, 0.2) is 0 Å². The second kappa shape index (κ2) is 5.98. The van der Waals surface area contributed by atoms with Crippen LogP contribution in [-0.2, 0) is 9.53 Å². The molecule has 84 valence electrons. The molecule has 0 fully saturated rings. The Bertz CT molecular complexity index is 181. The number of nitrogens with one attached hydrogen (secondary N) is 1. The van der Waals surface area contributed by atoms with E-state index in [9.17, 15) is 4.79 Å². The number of hydrogen-bond acceptors (Lipinski definition) is 3. The minimum absolute atomic E-state index is 0.0217. The Hall–Kier alpha value is -0.610. The Morgan fingerprint density at radius 3 is 2.57 bits per heavy atom. The van der Waals surface area contributed by atoms with Crippen molar-refractivity contribution in [1.29, 1.82) is 0 Å². The fourth-order valence-electron chi connectivity index (χ4n) is 0.912. The molecular weight excluding hydrogens is 180 g/mol. The van der Waals surface area contributed by atoms with Crippen molar-refractivity contribution in [3.63, 3.8) is 0 Å². The van der Waals surface area contributed by atoms with E-state index in [4.69, 9.17) is 10.5 Å². The molecule has 0 aromatic carbocycles. The van der Waals surface area contributed by atoms with Crippen LogP contribution < -0.4 is 11.1 Å². The van der Waals surface area contributed by atoms with Crippen molar-refractivity contribution in [1.82, 2.24) is 5.32 Å². The SMILES string of the molecule is CCOC(C)CNC(=O)C(C)(C)CN. The quantitative estimate of drug-likeness (QED) is 0.659. The molecule has 4 nitrogen and oxygen atoms in total. The molecule has 3 N–H and O–H groups in total. The molecule has 1 unspecified atom stereocenters. The molecule has 0 bridgehead atoms. The first-order chi connectivity index (χ1) is 6.44. The lowest BCUT2D eigenvalue weighted by molar-refractivity contribution is -0.129. The third-order valence-corrected chi connectivity index (χ3v) is 2.13. The van der Waals surface area contributed by atoms with Crippen LogP contribution in [0.5, 0.6) is 0 Å². The van der Waals surface area contributed by atoms with Gasteiger partial charge in [0.2, 0.25) is 5.91 Å². The molecule has 1 atom stereocenters. The van der Waals surface area contributed by atoms with Crippen LogP contribution in [0.4, 0.5) is 0 Å². The first-order valence-corrected chi connectivity index (χ1v) is 5.04. The highest BCUT2D eigenvalue weighted by Crippen LogP contribution is 2.11. The predicted octanol–water partition coefficient (Wildman–Crippen LogP) is 0.513. The van der Waals surface area contributed by atoms with Gasteiger partial charge in [0.1, 0.15) is 0 Å². The Morgan fingerprint density at radius 2 is 2.14 bits per heavy atom. The number of carbonyl (C=O) groups excluding carboxylic acids is 1. The van der Waals surface area contributed by atoms with E-state index >= 15 is 0 Å². The van der Waals surface area contributed by atoms with Crippen LogP contribution in [0.3, 0.4) is 0 Å². The zero-order valence-corrected chi connectivity index (χ0v) is 9.59. The lowest BCUT2D eigenvalue weighted by Crippen LogP contribution is -2.44. The highest BCUT2D eigenvalue weighted by Gasteiger charge is 2.25. The maximum atomic E-state index is 11.6. The zero-order valence-electron chi connectivity index (χ0n) is 9.59. The van der Waals surface area contributed by atoms with E-state index in [1.165, 1.54) is 0 Å². The molecule has 0 aliphatic carbocycles. The van der Waals surface area contributed by atoms with Gasteiger partial charge in [0.05, 0.1) is 11.5 Å². The molecule has 0 saturated heterocycles. The summed E-state index contributed by atoms with van der Waals surface area (Å²) >= 11 is 0. The summed E-state index contributed by atoms with van der Waals surface area (Å²) < 4.78 is 5.29. The van der Waals surface area contributed by atoms with E-state index in [0.29, 0.717) is 19.7 Å². The molecule has 0 aliphatic rings. The molecular formula is C10H22N2O2. The number of ether oxygens (including phenoxy) is 1. The summed E-state index contributed by atoms with van der Waals surface area (Å²) in [7, 11) is 0. The van der Waals surface area contributed by atoms with Gasteiger partial charge in [-0.25, -0.2) is 0 Å². The van der Waals surface area contributed by atoms with Gasteiger partial charge in [0, 0.05) is 19.7 Å². The van der Waals surface area contributed by atoms with E-state index in [-0.39, 0.29) is 12.0 Å². The average molecular weight is 202 g/mol. The fraction of sp³-hybridized carbons (Fsp3) is 0.900. The van der Waals surface area contributed by atoms with E-state index in [2.05, 4.69) is 5.32 Å². The van der Waals surface area contributed by atoms with Gasteiger partial charge < -0.3 is 15.8 Å². The number of nitrogens with two attached hydrogens (primary N) is 1. The van der Waals surface area contributed by atoms with Crippen molar-refractivity contribution >= 4 is 5.91 Å². The average Bonchev–Trinajstić information content (AvgIpc) is 2.14. The fourth-order valence-corrected chi connectivity index (χ4v) is 0.912. The van der Waals surface area contributed by atoms with Crippen molar-refractivity contribution in [3.8, 4) is 0 Å². The second-order valence-electron chi connectivity index (χ2n) is 4.06. The first-order valence-electron chi connectivity index (χ1n) is 5.04. The third-order valence-electron chi connectivity index (χ3n) is 2.13. The van der Waals surface area contributed by atoms with E-state index < -0.39 is 5.41 Å². The number of rotatable bonds is 6. The molecule has 0 saturated carbocycles. The van der Waals surface area contributed by atoms with Gasteiger partial charge >= 0.3 is 0 Å². The van der Waals surface area contributed by atoms with Crippen molar-refractivity contribution in [2.45, 2.75) is 33.8 Å². The van der Waals surface area contributed by atoms with Gasteiger partial charge in [-0.2, -0.15) is 0 Å². The van der Waals surface area contributed by atoms with Crippen LogP contribution >= 0.6 is 0 Å². The van der Waals surface area contributed by atoms with Gasteiger partial charge in [0.25, 0.3) is 0 Å². The molecule has 0 spiro atoms. The van der Waals surface area contributed by atoms with E-state index in [1.54, 1.807) is 0 Å². The second-order valence-corrected chi connectivity index (χ2v) is 4.06. The van der Waals surface area contributed by atoms with Crippen molar-refractivity contribution in [3.05, 3.63) is 0 Å². The zero-order chi connectivity index (χ0) is 11.2. The Kier molecular flexibility index (Phi) is 5.72. The van der Waals surface area contributed by atoms with Gasteiger partial charge in [-0.3, -0.25) is 4.79 Å². The summed E-state index contributed by atoms with van der Waals surface area (Å²) in [6.07, 6.45) is 0.0533. The first kappa shape index (κ1) is 13.4. The molecule has 4 heteroatoms. The number of carbonyl (C=O) groups is 1. The van der Waals surface area contributed by atoms with Crippen LogP contribution in [0.25, 0.3) is 0 Å². The van der Waals surface area contributed by atoms with Gasteiger partial charge in [-0.05, 0) is 27.7 Å². The van der Waals surface area contributed by atoms with Crippen molar-refractivity contribution in [2.75, 3.05) is 19.7 Å². The molecule has 0 aliphatic heterocycles. The summed E-state index contributed by atoms with van der Waals surface area (Å²) in [5.41, 5.74) is 4.99. The maximum Gasteiger partial charge on any atom is 0.227 e. The summed E-state index contributed by atoms with van der Waals surface area (Å²) in [5, 5.41) is 2.81. The van der Waals surface area contributed by atoms with Gasteiger partial charge in [0.15, 0.2) is 0 Å². The lowest BCUT2D eigenvalue weighted by atomic mass is 9.93. The topological polar surface area (TPSA) is 64.3 Å². The monoisotopic (exact) mass is 202 g/mol. The molecule has 0 aromatic heterocycles. The summed E-state index contributed by atoms with van der Waals surface area (Å²) in [4.78, 5) is 11.6. The van der Waals surface area contributed by atoms with Gasteiger partial charge in [-0.15, -0.1) is 0 Å². The van der Waals surface area contributed by atoms with Crippen molar-refractivity contribution < 1.29 is 9.53 Å². The van der Waals surface area contributed by atoms with Crippen molar-refractivity contribution in [2.24, 2.45) is 11.1 Å². The lowest BCUT2D eigenvalue weighted by Gasteiger charge is -2.22. The summed E-state index contributed by atoms with van der Waals surface area (Å²) in [5.74, 6) is -0.0217. The largest absolute Gasteiger partial charge is 0.377 e. The third kappa shape index (κ3) is 4.58. The minimum Gasteiger partial charge on any atom is -0.377 e. The highest BCUT2D eigenvalue weighted by molar-refractivity contribution is 5.82. The Balaban J connectivity index is 3.85. The Labute approximate surface area is 86.2 Å². The molecule has 0 heterocycles. The Morgan fingerprint density at radius 1 is 1.57 bits per heavy atom. The maximum absolute atomic E-state index is 11.6. The van der Waals surface area contributed by atoms with Gasteiger partial charge in [-0.1, -0.05) is 0 Å². The molecule has 0 aromatic rings. The normalized spacial score (nSPS) is 13.8. The van der Waals surface area contributed by atoms with Crippen LogP contribution in [-0.4, -0.2) is 31.7 Å².